The first-order chi connectivity index (χ1) is 8.49. The predicted octanol–water partition coefficient (Wildman–Crippen LogP) is 3.38. The van der Waals surface area contributed by atoms with Crippen LogP contribution in [-0.4, -0.2) is 5.91 Å². The molecule has 0 saturated carbocycles. The molecular formula is C13H13ClN2O2. The summed E-state index contributed by atoms with van der Waals surface area (Å²) in [5.74, 6) is 0.344. The van der Waals surface area contributed by atoms with Crippen molar-refractivity contribution in [3.63, 3.8) is 0 Å². The lowest BCUT2D eigenvalue weighted by Crippen LogP contribution is -2.13. The molecule has 5 heteroatoms. The molecule has 4 nitrogen and oxygen atoms in total. The van der Waals surface area contributed by atoms with Crippen molar-refractivity contribution < 1.29 is 9.21 Å². The van der Waals surface area contributed by atoms with Crippen LogP contribution < -0.4 is 11.1 Å². The van der Waals surface area contributed by atoms with Gasteiger partial charge in [-0.1, -0.05) is 11.6 Å². The monoisotopic (exact) mass is 264 g/mol. The number of aryl methyl sites for hydroxylation is 2. The van der Waals surface area contributed by atoms with Gasteiger partial charge in [-0.05, 0) is 37.6 Å². The molecule has 94 valence electrons. The zero-order valence-electron chi connectivity index (χ0n) is 10.1. The van der Waals surface area contributed by atoms with E-state index in [1.165, 1.54) is 6.26 Å². The number of anilines is 2. The third-order valence-electron chi connectivity index (χ3n) is 2.70. The van der Waals surface area contributed by atoms with E-state index in [2.05, 4.69) is 5.32 Å². The smallest absolute Gasteiger partial charge is 0.259 e. The average molecular weight is 265 g/mol. The van der Waals surface area contributed by atoms with Gasteiger partial charge in [-0.2, -0.15) is 0 Å². The van der Waals surface area contributed by atoms with Crippen LogP contribution in [0.25, 0.3) is 0 Å². The molecule has 2 aromatic rings. The van der Waals surface area contributed by atoms with E-state index >= 15 is 0 Å². The van der Waals surface area contributed by atoms with Gasteiger partial charge in [0.1, 0.15) is 5.76 Å². The Kier molecular flexibility index (Phi) is 3.30. The van der Waals surface area contributed by atoms with Crippen molar-refractivity contribution in [2.75, 3.05) is 11.1 Å². The minimum absolute atomic E-state index is 0.231. The summed E-state index contributed by atoms with van der Waals surface area (Å²) in [5.41, 5.74) is 8.17. The van der Waals surface area contributed by atoms with Gasteiger partial charge in [-0.25, -0.2) is 0 Å². The number of halogens is 1. The molecular weight excluding hydrogens is 252 g/mol. The number of hydrogen-bond acceptors (Lipinski definition) is 3. The Morgan fingerprint density at radius 3 is 2.72 bits per heavy atom. The van der Waals surface area contributed by atoms with Crippen molar-refractivity contribution in [1.29, 1.82) is 0 Å². The molecule has 1 aromatic heterocycles. The van der Waals surface area contributed by atoms with E-state index in [4.69, 9.17) is 21.8 Å². The number of rotatable bonds is 2. The Balaban J connectivity index is 2.28. The summed E-state index contributed by atoms with van der Waals surface area (Å²) in [7, 11) is 0. The first-order valence-electron chi connectivity index (χ1n) is 5.40. The first kappa shape index (κ1) is 12.5. The molecule has 0 unspecified atom stereocenters. The fraction of sp³-hybridized carbons (Fsp3) is 0.154. The van der Waals surface area contributed by atoms with E-state index in [0.29, 0.717) is 27.7 Å². The van der Waals surface area contributed by atoms with Crippen molar-refractivity contribution in [3.8, 4) is 0 Å². The molecule has 0 radical (unpaired) electrons. The zero-order valence-corrected chi connectivity index (χ0v) is 10.8. The number of nitrogens with one attached hydrogen (secondary N) is 1. The topological polar surface area (TPSA) is 68.3 Å². The van der Waals surface area contributed by atoms with Gasteiger partial charge in [-0.3, -0.25) is 4.79 Å². The molecule has 0 bridgehead atoms. The lowest BCUT2D eigenvalue weighted by Gasteiger charge is -2.10. The molecule has 0 atom stereocenters. The van der Waals surface area contributed by atoms with E-state index in [-0.39, 0.29) is 5.91 Å². The Bertz CT molecular complexity index is 605. The molecule has 0 aliphatic rings. The van der Waals surface area contributed by atoms with Gasteiger partial charge in [0.05, 0.1) is 22.5 Å². The third-order valence-corrected chi connectivity index (χ3v) is 3.02. The largest absolute Gasteiger partial charge is 0.469 e. The van der Waals surface area contributed by atoms with E-state index in [9.17, 15) is 4.79 Å². The lowest BCUT2D eigenvalue weighted by molar-refractivity contribution is 0.102. The Hall–Kier alpha value is -1.94. The van der Waals surface area contributed by atoms with Crippen LogP contribution in [0.1, 0.15) is 21.7 Å². The lowest BCUT2D eigenvalue weighted by atomic mass is 10.1. The number of nitrogens with two attached hydrogens (primary N) is 1. The Labute approximate surface area is 110 Å². The molecule has 2 rings (SSSR count). The van der Waals surface area contributed by atoms with Crippen molar-refractivity contribution in [3.05, 3.63) is 46.4 Å². The second kappa shape index (κ2) is 4.74. The molecule has 3 N–H and O–H groups in total. The highest BCUT2D eigenvalue weighted by Gasteiger charge is 2.13. The van der Waals surface area contributed by atoms with Crippen LogP contribution >= 0.6 is 11.6 Å². The summed E-state index contributed by atoms with van der Waals surface area (Å²) in [6.07, 6.45) is 1.48. The van der Waals surface area contributed by atoms with Crippen LogP contribution in [0.3, 0.4) is 0 Å². The van der Waals surface area contributed by atoms with Gasteiger partial charge in [0, 0.05) is 5.69 Å². The molecule has 18 heavy (non-hydrogen) atoms. The van der Waals surface area contributed by atoms with Gasteiger partial charge in [0.2, 0.25) is 0 Å². The highest BCUT2D eigenvalue weighted by Crippen LogP contribution is 2.27. The van der Waals surface area contributed by atoms with Crippen LogP contribution in [-0.2, 0) is 0 Å². The van der Waals surface area contributed by atoms with E-state index in [0.717, 1.165) is 5.56 Å². The fourth-order valence-electron chi connectivity index (χ4n) is 1.65. The highest BCUT2D eigenvalue weighted by atomic mass is 35.5. The number of amides is 1. The summed E-state index contributed by atoms with van der Waals surface area (Å²) in [4.78, 5) is 12.0. The molecule has 0 saturated heterocycles. The number of benzene rings is 1. The van der Waals surface area contributed by atoms with Crippen LogP contribution in [0.15, 0.2) is 28.9 Å². The summed E-state index contributed by atoms with van der Waals surface area (Å²) < 4.78 is 5.09. The molecule has 1 heterocycles. The predicted molar refractivity (Wildman–Crippen MR) is 72.0 cm³/mol. The quantitative estimate of drug-likeness (QED) is 0.817. The van der Waals surface area contributed by atoms with Crippen LogP contribution in [0.5, 0.6) is 0 Å². The summed E-state index contributed by atoms with van der Waals surface area (Å²) in [6.45, 7) is 3.59. The number of carbonyl (C=O) groups is 1. The minimum Gasteiger partial charge on any atom is -0.469 e. The van der Waals surface area contributed by atoms with Crippen molar-refractivity contribution in [1.82, 2.24) is 0 Å². The van der Waals surface area contributed by atoms with E-state index in [1.54, 1.807) is 25.1 Å². The summed E-state index contributed by atoms with van der Waals surface area (Å²) >= 11 is 5.93. The number of nitrogen functional groups attached to an aromatic ring is 1. The van der Waals surface area contributed by atoms with Gasteiger partial charge in [0.25, 0.3) is 5.91 Å². The minimum atomic E-state index is -0.231. The molecule has 0 aliphatic carbocycles. The SMILES string of the molecule is Cc1cc(N)c(Cl)cc1NC(=O)c1ccoc1C. The molecule has 1 aromatic carbocycles. The zero-order chi connectivity index (χ0) is 13.3. The van der Waals surface area contributed by atoms with E-state index in [1.807, 2.05) is 6.92 Å². The maximum atomic E-state index is 12.0. The maximum absolute atomic E-state index is 12.0. The number of hydrogen-bond donors (Lipinski definition) is 2. The van der Waals surface area contributed by atoms with Crippen molar-refractivity contribution in [2.24, 2.45) is 0 Å². The fourth-order valence-corrected chi connectivity index (χ4v) is 1.81. The molecule has 1 amide bonds. The van der Waals surface area contributed by atoms with Crippen LogP contribution in [0.4, 0.5) is 11.4 Å². The van der Waals surface area contributed by atoms with Crippen LogP contribution in [0, 0.1) is 13.8 Å². The number of carbonyl (C=O) groups excluding carboxylic acids is 1. The van der Waals surface area contributed by atoms with Gasteiger partial charge in [-0.15, -0.1) is 0 Å². The molecule has 0 spiro atoms. The highest BCUT2D eigenvalue weighted by molar-refractivity contribution is 6.33. The summed E-state index contributed by atoms with van der Waals surface area (Å²) in [6, 6.07) is 4.98. The van der Waals surface area contributed by atoms with Crippen molar-refractivity contribution >= 4 is 28.9 Å². The van der Waals surface area contributed by atoms with Gasteiger partial charge in [0.15, 0.2) is 0 Å². The summed E-state index contributed by atoms with van der Waals surface area (Å²) in [5, 5.41) is 3.20. The second-order valence-corrected chi connectivity index (χ2v) is 4.44. The third kappa shape index (κ3) is 2.33. The first-order valence-corrected chi connectivity index (χ1v) is 5.78. The van der Waals surface area contributed by atoms with Gasteiger partial charge < -0.3 is 15.5 Å². The van der Waals surface area contributed by atoms with Crippen LogP contribution in [0.2, 0.25) is 5.02 Å². The number of furan rings is 1. The van der Waals surface area contributed by atoms with Crippen molar-refractivity contribution in [2.45, 2.75) is 13.8 Å². The van der Waals surface area contributed by atoms with Gasteiger partial charge >= 0.3 is 0 Å². The normalized spacial score (nSPS) is 10.4. The Morgan fingerprint density at radius 2 is 2.11 bits per heavy atom. The standard InChI is InChI=1S/C13H13ClN2O2/c1-7-5-11(15)10(14)6-12(7)16-13(17)9-3-4-18-8(9)2/h3-6H,15H2,1-2H3,(H,16,17). The Morgan fingerprint density at radius 1 is 1.39 bits per heavy atom. The average Bonchev–Trinajstić information content (AvgIpc) is 2.72. The maximum Gasteiger partial charge on any atom is 0.259 e. The second-order valence-electron chi connectivity index (χ2n) is 4.03. The molecule has 0 fully saturated rings. The molecule has 0 aliphatic heterocycles. The van der Waals surface area contributed by atoms with E-state index < -0.39 is 0 Å².